The van der Waals surface area contributed by atoms with Gasteiger partial charge in [0.2, 0.25) is 6.29 Å². The van der Waals surface area contributed by atoms with E-state index in [-0.39, 0.29) is 59.0 Å². The van der Waals surface area contributed by atoms with Gasteiger partial charge in [0.05, 0.1) is 44.6 Å². The molecule has 0 amide bonds. The summed E-state index contributed by atoms with van der Waals surface area (Å²) in [6.45, 7) is 13.1. The van der Waals surface area contributed by atoms with E-state index in [9.17, 15) is 71.5 Å². The molecule has 14 N–H and O–H groups in total. The lowest BCUT2D eigenvalue weighted by Crippen LogP contribution is -2.68. The van der Waals surface area contributed by atoms with E-state index < -0.39 is 159 Å². The number of rotatable bonds is 13. The average Bonchev–Trinajstić information content (AvgIpc) is 3.82. The molecule has 0 aromatic heterocycles. The summed E-state index contributed by atoms with van der Waals surface area (Å²) in [5.41, 5.74) is -1.60. The van der Waals surface area contributed by atoms with Crippen molar-refractivity contribution in [1.82, 2.24) is 0 Å². The molecule has 0 aromatic rings. The van der Waals surface area contributed by atoms with Crippen LogP contribution in [0.3, 0.4) is 0 Å². The van der Waals surface area contributed by atoms with Gasteiger partial charge in [-0.05, 0) is 117 Å². The van der Waals surface area contributed by atoms with Gasteiger partial charge >= 0.3 is 5.97 Å². The topological polar surface area (TPSA) is 374 Å². The molecule has 23 heteroatoms. The van der Waals surface area contributed by atoms with Crippen molar-refractivity contribution in [2.75, 3.05) is 33.0 Å². The van der Waals surface area contributed by atoms with Gasteiger partial charge in [0.25, 0.3) is 0 Å². The first kappa shape index (κ1) is 59.0. The number of hydrogen-bond acceptors (Lipinski definition) is 23. The first-order chi connectivity index (χ1) is 35.8. The van der Waals surface area contributed by atoms with Crippen molar-refractivity contribution in [2.45, 2.75) is 222 Å². The summed E-state index contributed by atoms with van der Waals surface area (Å²) in [7, 11) is 0. The number of aliphatic hydroxyl groups is 14. The standard InChI is InChI=1S/C53H86O23/c1-22(2)23-9-14-53(48(68)76-47-43(67)39(63)35(59)27(74-47)19-69-44-41(65)37(61)33(57)25(17-54)71-44)16-15-51(5)24(32(23)53)7-8-30-49(3)12-11-31(50(4,21-56)29(49)10-13-52(30,51)6)75-45-40(64)36(60)28(20-70-45)73-46-42(66)38(62)34(58)26(18-55)72-46/h23-47,54-67H,1,7-21H2,2-6H3/t23-,24?,25+,26+,27+,28-,29?,30?,31-,32?,33+,34+,35+,36-,37-,38-,39-,40+,41+,42+,43+,44+,45-,46-,47-,49-,50-,51+,52+,53-/m0/s1. The quantitative estimate of drug-likeness (QED) is 0.0512. The number of hydrogen-bond donors (Lipinski definition) is 14. The van der Waals surface area contributed by atoms with Gasteiger partial charge in [-0.15, -0.1) is 0 Å². The van der Waals surface area contributed by atoms with Crippen LogP contribution in [0.1, 0.15) is 98.8 Å². The van der Waals surface area contributed by atoms with Crippen LogP contribution >= 0.6 is 0 Å². The third-order valence-corrected chi connectivity index (χ3v) is 21.6. The Hall–Kier alpha value is -1.63. The highest BCUT2D eigenvalue weighted by Crippen LogP contribution is 2.78. The van der Waals surface area contributed by atoms with Crippen LogP contribution in [0.5, 0.6) is 0 Å². The summed E-state index contributed by atoms with van der Waals surface area (Å²) >= 11 is 0. The summed E-state index contributed by atoms with van der Waals surface area (Å²) in [4.78, 5) is 15.0. The summed E-state index contributed by atoms with van der Waals surface area (Å²) < 4.78 is 46.9. The smallest absolute Gasteiger partial charge is 0.314 e. The highest BCUT2D eigenvalue weighted by atomic mass is 16.8. The van der Waals surface area contributed by atoms with Crippen molar-refractivity contribution in [2.24, 2.45) is 56.7 Å². The second kappa shape index (κ2) is 21.9. The van der Waals surface area contributed by atoms with E-state index in [0.717, 1.165) is 37.7 Å². The molecule has 0 bridgehead atoms. The molecular weight excluding hydrogens is 1000 g/mol. The highest BCUT2D eigenvalue weighted by molar-refractivity contribution is 5.78. The van der Waals surface area contributed by atoms with E-state index in [1.165, 1.54) is 0 Å². The predicted octanol–water partition coefficient (Wildman–Crippen LogP) is -2.57. The molecule has 436 valence electrons. The molecule has 0 aromatic carbocycles. The number of aliphatic hydroxyl groups excluding tert-OH is 14. The van der Waals surface area contributed by atoms with Gasteiger partial charge in [-0.25, -0.2) is 0 Å². The van der Waals surface area contributed by atoms with Crippen molar-refractivity contribution in [1.29, 1.82) is 0 Å². The fourth-order valence-corrected chi connectivity index (χ4v) is 17.0. The molecule has 0 spiro atoms. The molecule has 76 heavy (non-hydrogen) atoms. The van der Waals surface area contributed by atoms with Crippen molar-refractivity contribution in [3.05, 3.63) is 12.2 Å². The van der Waals surface area contributed by atoms with Gasteiger partial charge < -0.3 is 109 Å². The first-order valence-corrected chi connectivity index (χ1v) is 27.5. The molecule has 9 fully saturated rings. The van der Waals surface area contributed by atoms with E-state index >= 15 is 4.79 Å². The second-order valence-electron chi connectivity index (χ2n) is 25.2. The molecule has 23 nitrogen and oxygen atoms in total. The zero-order chi connectivity index (χ0) is 55.4. The summed E-state index contributed by atoms with van der Waals surface area (Å²) in [6.07, 6.45) is -23.9. The zero-order valence-electron chi connectivity index (χ0n) is 44.2. The van der Waals surface area contributed by atoms with Crippen LogP contribution in [0.4, 0.5) is 0 Å². The largest absolute Gasteiger partial charge is 0.432 e. The van der Waals surface area contributed by atoms with Crippen LogP contribution in [-0.2, 0) is 42.7 Å². The van der Waals surface area contributed by atoms with Gasteiger partial charge in [-0.2, -0.15) is 0 Å². The van der Waals surface area contributed by atoms with Gasteiger partial charge in [-0.3, -0.25) is 4.79 Å². The maximum atomic E-state index is 15.0. The van der Waals surface area contributed by atoms with Gasteiger partial charge in [0.15, 0.2) is 18.9 Å². The number of carbonyl (C=O) groups is 1. The summed E-state index contributed by atoms with van der Waals surface area (Å²) in [5, 5.41) is 148. The molecule has 4 saturated heterocycles. The number of carbonyl (C=O) groups excluding carboxylic acids is 1. The lowest BCUT2D eigenvalue weighted by atomic mass is 9.32. The molecule has 4 aliphatic heterocycles. The van der Waals surface area contributed by atoms with E-state index in [0.29, 0.717) is 32.1 Å². The van der Waals surface area contributed by atoms with E-state index in [1.807, 2.05) is 13.8 Å². The lowest BCUT2D eigenvalue weighted by Gasteiger charge is -2.73. The third kappa shape index (κ3) is 9.37. The summed E-state index contributed by atoms with van der Waals surface area (Å²) in [5.74, 6) is -0.560. The highest BCUT2D eigenvalue weighted by Gasteiger charge is 2.73. The van der Waals surface area contributed by atoms with Gasteiger partial charge in [0.1, 0.15) is 91.6 Å². The average molecular weight is 1090 g/mol. The number of ether oxygens (including phenoxy) is 8. The van der Waals surface area contributed by atoms with Gasteiger partial charge in [0, 0.05) is 5.41 Å². The predicted molar refractivity (Wildman–Crippen MR) is 258 cm³/mol. The lowest BCUT2D eigenvalue weighted by molar-refractivity contribution is -0.353. The SMILES string of the molecule is C=C(C)[C@@H]1CC[C@]2(C(=O)O[C@@H]3O[C@H](CO[C@@H]4O[C@H](CO)[C@@H](O)[C@H](O)[C@H]4O)[C@@H](O)[C@H](O)[C@H]3O)CC[C@]3(C)C(CCC4[C@@]5(C)CC[C@H](O[C@@H]6OC[C@H](O[C@@H]7O[C@H](CO)[C@@H](O)[C@H](O)[C@H]7O)[C@H](O)[C@H]6O)[C@@](C)(CO)C5CC[C@]43C)C12. The molecule has 4 heterocycles. The van der Waals surface area contributed by atoms with Gasteiger partial charge in [-0.1, -0.05) is 39.8 Å². The molecule has 5 aliphatic carbocycles. The van der Waals surface area contributed by atoms with Crippen molar-refractivity contribution in [3.63, 3.8) is 0 Å². The maximum absolute atomic E-state index is 15.0. The Bertz CT molecular complexity index is 2050. The van der Waals surface area contributed by atoms with Crippen molar-refractivity contribution < 1.29 is 114 Å². The van der Waals surface area contributed by atoms with E-state index in [2.05, 4.69) is 27.4 Å². The van der Waals surface area contributed by atoms with Crippen LogP contribution in [-0.4, -0.2) is 233 Å². The minimum atomic E-state index is -1.84. The normalized spacial score (nSPS) is 55.4. The zero-order valence-corrected chi connectivity index (χ0v) is 44.2. The van der Waals surface area contributed by atoms with Crippen LogP contribution in [0.25, 0.3) is 0 Å². The first-order valence-electron chi connectivity index (χ1n) is 27.5. The molecule has 5 saturated carbocycles. The van der Waals surface area contributed by atoms with Crippen LogP contribution in [0.15, 0.2) is 12.2 Å². The maximum Gasteiger partial charge on any atom is 0.314 e. The molecule has 0 radical (unpaired) electrons. The molecule has 9 rings (SSSR count). The summed E-state index contributed by atoms with van der Waals surface area (Å²) in [6, 6.07) is 0. The Morgan fingerprint density at radius 3 is 1.76 bits per heavy atom. The Morgan fingerprint density at radius 2 is 1.14 bits per heavy atom. The van der Waals surface area contributed by atoms with Crippen LogP contribution in [0.2, 0.25) is 0 Å². The molecular formula is C53H86O23. The second-order valence-corrected chi connectivity index (χ2v) is 25.2. The van der Waals surface area contributed by atoms with Crippen molar-refractivity contribution in [3.8, 4) is 0 Å². The Balaban J connectivity index is 0.883. The number of esters is 1. The fourth-order valence-electron chi connectivity index (χ4n) is 17.0. The minimum absolute atomic E-state index is 0.0237. The monoisotopic (exact) mass is 1090 g/mol. The third-order valence-electron chi connectivity index (χ3n) is 21.6. The van der Waals surface area contributed by atoms with Crippen LogP contribution < -0.4 is 0 Å². The minimum Gasteiger partial charge on any atom is -0.432 e. The Kier molecular flexibility index (Phi) is 17.0. The van der Waals surface area contributed by atoms with Crippen molar-refractivity contribution >= 4 is 5.97 Å². The fraction of sp³-hybridized carbons (Fsp3) is 0.943. The van der Waals surface area contributed by atoms with E-state index in [1.54, 1.807) is 0 Å². The molecule has 9 aliphatic rings. The van der Waals surface area contributed by atoms with Crippen LogP contribution in [0, 0.1) is 56.7 Å². The Labute approximate surface area is 442 Å². The molecule has 4 unspecified atom stereocenters. The number of allylic oxidation sites excluding steroid dienone is 1. The number of fused-ring (bicyclic) bond motifs is 7. The van der Waals surface area contributed by atoms with E-state index in [4.69, 9.17) is 37.9 Å². The Morgan fingerprint density at radius 1 is 0.566 bits per heavy atom. The molecule has 30 atom stereocenters.